The highest BCUT2D eigenvalue weighted by Crippen LogP contribution is 2.33. The van der Waals surface area contributed by atoms with Crippen molar-refractivity contribution >= 4 is 11.7 Å². The molecule has 0 aliphatic carbocycles. The number of aromatic hydroxyl groups is 1. The first-order chi connectivity index (χ1) is 12.9. The quantitative estimate of drug-likeness (QED) is 0.742. The highest BCUT2D eigenvalue weighted by atomic mass is 16.3. The van der Waals surface area contributed by atoms with Crippen molar-refractivity contribution in [1.82, 2.24) is 24.5 Å². The van der Waals surface area contributed by atoms with Gasteiger partial charge in [0.05, 0.1) is 5.69 Å². The molecule has 4 rings (SSSR count). The van der Waals surface area contributed by atoms with Gasteiger partial charge in [0.1, 0.15) is 5.75 Å². The number of nitrogens with one attached hydrogen (secondary N) is 1. The number of anilines is 1. The van der Waals surface area contributed by atoms with Gasteiger partial charge in [0, 0.05) is 23.8 Å². The highest BCUT2D eigenvalue weighted by molar-refractivity contribution is 5.72. The first-order valence-electron chi connectivity index (χ1n) is 9.41. The summed E-state index contributed by atoms with van der Waals surface area (Å²) in [6.45, 7) is 8.06. The number of likely N-dealkylation sites (tertiary alicyclic amines) is 1. The van der Waals surface area contributed by atoms with Crippen LogP contribution in [0.4, 0.5) is 5.95 Å². The predicted molar refractivity (Wildman–Crippen MR) is 106 cm³/mol. The maximum absolute atomic E-state index is 10.4. The number of phenols is 1. The van der Waals surface area contributed by atoms with E-state index in [9.17, 15) is 5.11 Å². The molecular weight excluding hydrogens is 340 g/mol. The first-order valence-corrected chi connectivity index (χ1v) is 9.41. The standard InChI is InChI=1S/C20H26N6O/c1-12-8-13(2)18(17(27)9-12)16-10-14(3)26-20(22-16)23-19(24-26)21-15-6-5-7-25(4)11-15/h8-10,15,27H,5-7,11H2,1-4H3,(H,21,24)/t15-/m1/s1. The van der Waals surface area contributed by atoms with Crippen molar-refractivity contribution in [1.29, 1.82) is 0 Å². The van der Waals surface area contributed by atoms with Crippen molar-refractivity contribution in [2.24, 2.45) is 0 Å². The Morgan fingerprint density at radius 1 is 1.15 bits per heavy atom. The molecule has 7 heteroatoms. The van der Waals surface area contributed by atoms with Gasteiger partial charge in [-0.25, -0.2) is 4.98 Å². The van der Waals surface area contributed by atoms with E-state index in [1.807, 2.05) is 32.9 Å². The zero-order valence-corrected chi connectivity index (χ0v) is 16.3. The van der Waals surface area contributed by atoms with Crippen molar-refractivity contribution < 1.29 is 5.11 Å². The summed E-state index contributed by atoms with van der Waals surface area (Å²) < 4.78 is 1.75. The lowest BCUT2D eigenvalue weighted by atomic mass is 10.0. The molecule has 0 bridgehead atoms. The molecule has 0 unspecified atom stereocenters. The molecule has 3 aromatic rings. The molecule has 1 aliphatic rings. The second kappa shape index (κ2) is 6.81. The Bertz CT molecular complexity index is 973. The Morgan fingerprint density at radius 3 is 2.70 bits per heavy atom. The summed E-state index contributed by atoms with van der Waals surface area (Å²) in [6.07, 6.45) is 2.29. The second-order valence-corrected chi connectivity index (χ2v) is 7.65. The van der Waals surface area contributed by atoms with E-state index in [0.29, 0.717) is 23.5 Å². The number of likely N-dealkylation sites (N-methyl/N-ethyl adjacent to an activating group) is 1. The Hall–Kier alpha value is -2.67. The molecule has 27 heavy (non-hydrogen) atoms. The van der Waals surface area contributed by atoms with E-state index in [0.717, 1.165) is 41.9 Å². The van der Waals surface area contributed by atoms with Gasteiger partial charge in [-0.3, -0.25) is 0 Å². The third-order valence-electron chi connectivity index (χ3n) is 5.16. The van der Waals surface area contributed by atoms with Crippen LogP contribution in [0.2, 0.25) is 0 Å². The van der Waals surface area contributed by atoms with Gasteiger partial charge < -0.3 is 15.3 Å². The van der Waals surface area contributed by atoms with Crippen LogP contribution in [0.5, 0.6) is 5.75 Å². The Kier molecular flexibility index (Phi) is 4.47. The molecule has 1 atom stereocenters. The van der Waals surface area contributed by atoms with Crippen molar-refractivity contribution in [2.45, 2.75) is 39.7 Å². The second-order valence-electron chi connectivity index (χ2n) is 7.65. The normalized spacial score (nSPS) is 18.1. The zero-order chi connectivity index (χ0) is 19.1. The van der Waals surface area contributed by atoms with Crippen LogP contribution in [0, 0.1) is 20.8 Å². The fourth-order valence-corrected chi connectivity index (χ4v) is 3.95. The van der Waals surface area contributed by atoms with Gasteiger partial charge in [-0.05, 0) is 70.5 Å². The predicted octanol–water partition coefficient (Wildman–Crippen LogP) is 2.93. The fourth-order valence-electron chi connectivity index (χ4n) is 3.95. The summed E-state index contributed by atoms with van der Waals surface area (Å²) in [4.78, 5) is 11.6. The van der Waals surface area contributed by atoms with E-state index in [-0.39, 0.29) is 5.75 Å². The highest BCUT2D eigenvalue weighted by Gasteiger charge is 2.20. The van der Waals surface area contributed by atoms with Gasteiger partial charge in [-0.15, -0.1) is 5.10 Å². The molecule has 142 valence electrons. The average molecular weight is 366 g/mol. The summed E-state index contributed by atoms with van der Waals surface area (Å²) in [5.41, 5.74) is 4.41. The molecular formula is C20H26N6O. The van der Waals surface area contributed by atoms with Gasteiger partial charge in [-0.1, -0.05) is 6.07 Å². The van der Waals surface area contributed by atoms with Gasteiger partial charge in [0.25, 0.3) is 5.78 Å². The molecule has 1 saturated heterocycles. The zero-order valence-electron chi connectivity index (χ0n) is 16.3. The van der Waals surface area contributed by atoms with E-state index >= 15 is 0 Å². The number of fused-ring (bicyclic) bond motifs is 1. The Labute approximate surface area is 159 Å². The summed E-state index contributed by atoms with van der Waals surface area (Å²) in [6, 6.07) is 6.10. The fraction of sp³-hybridized carbons (Fsp3) is 0.450. The molecule has 0 spiro atoms. The molecule has 1 aliphatic heterocycles. The van der Waals surface area contributed by atoms with E-state index in [2.05, 4.69) is 32.3 Å². The first kappa shape index (κ1) is 17.7. The van der Waals surface area contributed by atoms with Crippen molar-refractivity contribution in [3.8, 4) is 17.0 Å². The van der Waals surface area contributed by atoms with Crippen LogP contribution in [0.15, 0.2) is 18.2 Å². The number of hydrogen-bond acceptors (Lipinski definition) is 6. The van der Waals surface area contributed by atoms with Crippen molar-refractivity contribution in [2.75, 3.05) is 25.5 Å². The molecule has 2 aromatic heterocycles. The summed E-state index contributed by atoms with van der Waals surface area (Å²) in [5.74, 6) is 1.38. The molecule has 0 radical (unpaired) electrons. The third-order valence-corrected chi connectivity index (χ3v) is 5.16. The lowest BCUT2D eigenvalue weighted by Crippen LogP contribution is -2.39. The molecule has 0 amide bonds. The van der Waals surface area contributed by atoms with Gasteiger partial charge in [0.2, 0.25) is 5.95 Å². The van der Waals surface area contributed by atoms with Crippen LogP contribution in [-0.2, 0) is 0 Å². The van der Waals surface area contributed by atoms with Crippen LogP contribution >= 0.6 is 0 Å². The number of rotatable bonds is 3. The summed E-state index contributed by atoms with van der Waals surface area (Å²) >= 11 is 0. The lowest BCUT2D eigenvalue weighted by Gasteiger charge is -2.29. The van der Waals surface area contributed by atoms with Crippen LogP contribution in [0.25, 0.3) is 17.0 Å². The van der Waals surface area contributed by atoms with E-state index < -0.39 is 0 Å². The molecule has 2 N–H and O–H groups in total. The van der Waals surface area contributed by atoms with Crippen LogP contribution < -0.4 is 5.32 Å². The molecule has 0 saturated carbocycles. The smallest absolute Gasteiger partial charge is 0.254 e. The molecule has 1 aromatic carbocycles. The largest absolute Gasteiger partial charge is 0.507 e. The SMILES string of the molecule is Cc1cc(C)c(-c2cc(C)n3nc(N[C@@H]4CCCN(C)C4)nc3n2)c(O)c1. The Balaban J connectivity index is 1.70. The minimum atomic E-state index is 0.242. The van der Waals surface area contributed by atoms with Crippen LogP contribution in [-0.4, -0.2) is 55.8 Å². The number of nitrogens with zero attached hydrogens (tertiary/aromatic N) is 5. The van der Waals surface area contributed by atoms with Gasteiger partial charge in [0.15, 0.2) is 0 Å². The molecule has 3 heterocycles. The summed E-state index contributed by atoms with van der Waals surface area (Å²) in [5, 5.41) is 18.5. The Morgan fingerprint density at radius 2 is 1.96 bits per heavy atom. The number of phenolic OH excluding ortho intramolecular Hbond substituents is 1. The monoisotopic (exact) mass is 366 g/mol. The van der Waals surface area contributed by atoms with E-state index in [1.165, 1.54) is 6.42 Å². The van der Waals surface area contributed by atoms with E-state index in [4.69, 9.17) is 0 Å². The van der Waals surface area contributed by atoms with Crippen molar-refractivity contribution in [3.05, 3.63) is 35.0 Å². The lowest BCUT2D eigenvalue weighted by molar-refractivity contribution is 0.260. The number of aromatic nitrogens is 4. The number of hydrogen-bond donors (Lipinski definition) is 2. The van der Waals surface area contributed by atoms with Crippen LogP contribution in [0.3, 0.4) is 0 Å². The molecule has 7 nitrogen and oxygen atoms in total. The van der Waals surface area contributed by atoms with E-state index in [1.54, 1.807) is 10.6 Å². The number of benzene rings is 1. The summed E-state index contributed by atoms with van der Waals surface area (Å²) in [7, 11) is 2.14. The number of piperidine rings is 1. The van der Waals surface area contributed by atoms with Gasteiger partial charge in [-0.2, -0.15) is 9.50 Å². The van der Waals surface area contributed by atoms with Crippen LogP contribution in [0.1, 0.15) is 29.7 Å². The maximum atomic E-state index is 10.4. The third kappa shape index (κ3) is 3.47. The minimum Gasteiger partial charge on any atom is -0.507 e. The average Bonchev–Trinajstić information content (AvgIpc) is 2.97. The maximum Gasteiger partial charge on any atom is 0.254 e. The van der Waals surface area contributed by atoms with Gasteiger partial charge >= 0.3 is 0 Å². The minimum absolute atomic E-state index is 0.242. The van der Waals surface area contributed by atoms with Crippen molar-refractivity contribution in [3.63, 3.8) is 0 Å². The topological polar surface area (TPSA) is 78.6 Å². The molecule has 1 fully saturated rings. The number of aryl methyl sites for hydroxylation is 3.